The number of ether oxygens (including phenoxy) is 1. The molecule has 0 aliphatic rings. The lowest BCUT2D eigenvalue weighted by Crippen LogP contribution is -2.02. The van der Waals surface area contributed by atoms with Crippen molar-refractivity contribution in [2.75, 3.05) is 11.9 Å². The van der Waals surface area contributed by atoms with Crippen LogP contribution in [0.5, 0.6) is 5.75 Å². The Labute approximate surface area is 120 Å². The molecule has 1 aromatic carbocycles. The minimum atomic E-state index is -0.713. The molecule has 0 heterocycles. The minimum absolute atomic E-state index is 0.0158. The van der Waals surface area contributed by atoms with E-state index in [-0.39, 0.29) is 28.8 Å². The van der Waals surface area contributed by atoms with Crippen molar-refractivity contribution >= 4 is 17.3 Å². The van der Waals surface area contributed by atoms with Crippen molar-refractivity contribution in [1.29, 1.82) is 15.8 Å². The van der Waals surface area contributed by atoms with E-state index in [0.717, 1.165) is 6.07 Å². The van der Waals surface area contributed by atoms with Gasteiger partial charge < -0.3 is 10.1 Å². The van der Waals surface area contributed by atoms with Crippen LogP contribution in [0.3, 0.4) is 0 Å². The van der Waals surface area contributed by atoms with E-state index in [0.29, 0.717) is 0 Å². The molecule has 0 atom stereocenters. The van der Waals surface area contributed by atoms with Crippen molar-refractivity contribution in [3.05, 3.63) is 34.2 Å². The summed E-state index contributed by atoms with van der Waals surface area (Å²) in [6.07, 6.45) is 0. The lowest BCUT2D eigenvalue weighted by Gasteiger charge is -2.10. The molecule has 0 unspecified atom stereocenters. The fourth-order valence-electron chi connectivity index (χ4n) is 1.34. The summed E-state index contributed by atoms with van der Waals surface area (Å²) in [4.78, 5) is 0. The smallest absolute Gasteiger partial charge is 0.173 e. The van der Waals surface area contributed by atoms with E-state index < -0.39 is 11.4 Å². The molecule has 0 fully saturated rings. The number of halogens is 2. The van der Waals surface area contributed by atoms with Gasteiger partial charge in [-0.25, -0.2) is 4.39 Å². The SMILES string of the molecule is CCOc1c(F)cc(NC(C#N)=C(C#N)C#N)cc1Cl. The second-order valence-corrected chi connectivity index (χ2v) is 3.82. The van der Waals surface area contributed by atoms with Crippen molar-refractivity contribution < 1.29 is 9.13 Å². The van der Waals surface area contributed by atoms with Crippen LogP contribution >= 0.6 is 11.6 Å². The summed E-state index contributed by atoms with van der Waals surface area (Å²) in [5.74, 6) is -0.808. The quantitative estimate of drug-likeness (QED) is 0.860. The van der Waals surface area contributed by atoms with E-state index in [1.807, 2.05) is 0 Å². The Bertz CT molecular complexity index is 640. The molecule has 0 aliphatic heterocycles. The Morgan fingerprint density at radius 1 is 1.30 bits per heavy atom. The highest BCUT2D eigenvalue weighted by Gasteiger charge is 2.13. The van der Waals surface area contributed by atoms with Gasteiger partial charge >= 0.3 is 0 Å². The molecule has 0 aromatic heterocycles. The molecule has 0 saturated heterocycles. The highest BCUT2D eigenvalue weighted by atomic mass is 35.5. The highest BCUT2D eigenvalue weighted by molar-refractivity contribution is 6.32. The first kappa shape index (κ1) is 15.3. The van der Waals surface area contributed by atoms with Crippen molar-refractivity contribution in [3.63, 3.8) is 0 Å². The van der Waals surface area contributed by atoms with E-state index in [2.05, 4.69) is 5.32 Å². The Morgan fingerprint density at radius 3 is 2.40 bits per heavy atom. The van der Waals surface area contributed by atoms with Crippen LogP contribution < -0.4 is 10.1 Å². The molecular formula is C13H8ClFN4O. The predicted octanol–water partition coefficient (Wildman–Crippen LogP) is 3.11. The van der Waals surface area contributed by atoms with E-state index in [1.165, 1.54) is 6.07 Å². The first-order valence-corrected chi connectivity index (χ1v) is 5.78. The van der Waals surface area contributed by atoms with Gasteiger partial charge in [0.15, 0.2) is 17.1 Å². The van der Waals surface area contributed by atoms with E-state index in [1.54, 1.807) is 25.1 Å². The molecule has 0 bridgehead atoms. The zero-order valence-electron chi connectivity index (χ0n) is 10.4. The van der Waals surface area contributed by atoms with E-state index in [4.69, 9.17) is 32.1 Å². The van der Waals surface area contributed by atoms with E-state index >= 15 is 0 Å². The molecule has 1 rings (SSSR count). The van der Waals surface area contributed by atoms with Gasteiger partial charge in [0.05, 0.1) is 11.6 Å². The van der Waals surface area contributed by atoms with Crippen LogP contribution in [0.2, 0.25) is 5.02 Å². The lowest BCUT2D eigenvalue weighted by atomic mass is 10.2. The number of rotatable bonds is 4. The molecule has 0 spiro atoms. The number of nitrogens with one attached hydrogen (secondary N) is 1. The maximum atomic E-state index is 13.7. The van der Waals surface area contributed by atoms with Crippen molar-refractivity contribution in [2.45, 2.75) is 6.92 Å². The second-order valence-electron chi connectivity index (χ2n) is 3.41. The number of benzene rings is 1. The zero-order chi connectivity index (χ0) is 15.1. The molecule has 1 N–H and O–H groups in total. The van der Waals surface area contributed by atoms with Crippen molar-refractivity contribution in [2.24, 2.45) is 0 Å². The fraction of sp³-hybridized carbons (Fsp3) is 0.154. The Kier molecular flexibility index (Phi) is 5.35. The van der Waals surface area contributed by atoms with Gasteiger partial charge in [0.25, 0.3) is 0 Å². The van der Waals surface area contributed by atoms with Crippen LogP contribution in [-0.2, 0) is 0 Å². The summed E-state index contributed by atoms with van der Waals surface area (Å²) in [6.45, 7) is 1.93. The molecular weight excluding hydrogens is 283 g/mol. The third-order valence-corrected chi connectivity index (χ3v) is 2.42. The normalized spacial score (nSPS) is 8.80. The van der Waals surface area contributed by atoms with Gasteiger partial charge in [0.1, 0.15) is 23.9 Å². The molecule has 0 saturated carbocycles. The zero-order valence-corrected chi connectivity index (χ0v) is 11.1. The summed E-state index contributed by atoms with van der Waals surface area (Å²) in [6, 6.07) is 7.18. The molecule has 0 aliphatic carbocycles. The third kappa shape index (κ3) is 3.38. The summed E-state index contributed by atoms with van der Waals surface area (Å²) in [5, 5.41) is 28.7. The van der Waals surface area contributed by atoms with Gasteiger partial charge in [-0.2, -0.15) is 15.8 Å². The molecule has 7 heteroatoms. The van der Waals surface area contributed by atoms with Crippen LogP contribution in [0.25, 0.3) is 0 Å². The molecule has 100 valence electrons. The van der Waals surface area contributed by atoms with Crippen molar-refractivity contribution in [1.82, 2.24) is 0 Å². The fourth-order valence-corrected chi connectivity index (χ4v) is 1.60. The average Bonchev–Trinajstić information content (AvgIpc) is 2.43. The Balaban J connectivity index is 3.19. The number of nitriles is 3. The number of hydrogen-bond acceptors (Lipinski definition) is 5. The number of anilines is 1. The van der Waals surface area contributed by atoms with Gasteiger partial charge in [0.2, 0.25) is 0 Å². The van der Waals surface area contributed by atoms with Crippen LogP contribution in [0.15, 0.2) is 23.4 Å². The summed E-state index contributed by atoms with van der Waals surface area (Å²) in [5.41, 5.74) is -0.553. The Morgan fingerprint density at radius 2 is 1.95 bits per heavy atom. The first-order chi connectivity index (χ1) is 9.57. The van der Waals surface area contributed by atoms with Crippen LogP contribution in [0.1, 0.15) is 6.92 Å². The predicted molar refractivity (Wildman–Crippen MR) is 70.1 cm³/mol. The summed E-state index contributed by atoms with van der Waals surface area (Å²) < 4.78 is 18.8. The van der Waals surface area contributed by atoms with Crippen molar-refractivity contribution in [3.8, 4) is 24.0 Å². The molecule has 0 radical (unpaired) electrons. The molecule has 20 heavy (non-hydrogen) atoms. The highest BCUT2D eigenvalue weighted by Crippen LogP contribution is 2.31. The van der Waals surface area contributed by atoms with Gasteiger partial charge in [-0.15, -0.1) is 0 Å². The van der Waals surface area contributed by atoms with Crippen LogP contribution in [0, 0.1) is 39.8 Å². The third-order valence-electron chi connectivity index (χ3n) is 2.14. The molecule has 0 amide bonds. The monoisotopic (exact) mass is 290 g/mol. The maximum Gasteiger partial charge on any atom is 0.173 e. The maximum absolute atomic E-state index is 13.7. The number of allylic oxidation sites excluding steroid dienone is 2. The van der Waals surface area contributed by atoms with Gasteiger partial charge in [0, 0.05) is 11.8 Å². The second kappa shape index (κ2) is 6.99. The topological polar surface area (TPSA) is 92.6 Å². The molecule has 5 nitrogen and oxygen atoms in total. The molecule has 1 aromatic rings. The summed E-state index contributed by atoms with van der Waals surface area (Å²) >= 11 is 5.85. The van der Waals surface area contributed by atoms with Gasteiger partial charge in [-0.3, -0.25) is 0 Å². The standard InChI is InChI=1S/C13H8ClFN4O/c1-2-20-13-10(14)3-9(4-11(13)15)19-12(7-18)8(5-16)6-17/h3-4,19H,2H2,1H3. The Hall–Kier alpha value is -2.75. The van der Waals surface area contributed by atoms with E-state index in [9.17, 15) is 4.39 Å². The van der Waals surface area contributed by atoms with Crippen LogP contribution in [-0.4, -0.2) is 6.61 Å². The van der Waals surface area contributed by atoms with Crippen LogP contribution in [0.4, 0.5) is 10.1 Å². The minimum Gasteiger partial charge on any atom is -0.489 e. The van der Waals surface area contributed by atoms with Gasteiger partial charge in [-0.05, 0) is 13.0 Å². The summed E-state index contributed by atoms with van der Waals surface area (Å²) in [7, 11) is 0. The largest absolute Gasteiger partial charge is 0.489 e. The number of hydrogen-bond donors (Lipinski definition) is 1. The average molecular weight is 291 g/mol. The lowest BCUT2D eigenvalue weighted by molar-refractivity contribution is 0.322. The first-order valence-electron chi connectivity index (χ1n) is 5.40. The van der Waals surface area contributed by atoms with Gasteiger partial charge in [-0.1, -0.05) is 11.6 Å². The number of nitrogens with zero attached hydrogens (tertiary/aromatic N) is 3.